The molecule has 0 fully saturated rings. The van der Waals surface area contributed by atoms with Crippen molar-refractivity contribution < 1.29 is 0 Å². The summed E-state index contributed by atoms with van der Waals surface area (Å²) in [5, 5.41) is 7.42. The molecule has 0 aliphatic rings. The molecule has 0 atom stereocenters. The lowest BCUT2D eigenvalue weighted by atomic mass is 10.2. The van der Waals surface area contributed by atoms with E-state index >= 15 is 0 Å². The van der Waals surface area contributed by atoms with E-state index in [1.807, 2.05) is 33.3 Å². The van der Waals surface area contributed by atoms with E-state index in [2.05, 4.69) is 27.3 Å². The van der Waals surface area contributed by atoms with E-state index in [1.54, 1.807) is 4.68 Å². The lowest BCUT2D eigenvalue weighted by molar-refractivity contribution is 0.756. The molecule has 0 unspecified atom stereocenters. The zero-order chi connectivity index (χ0) is 13.1. The van der Waals surface area contributed by atoms with Crippen molar-refractivity contribution in [2.24, 2.45) is 7.05 Å². The van der Waals surface area contributed by atoms with Gasteiger partial charge in [-0.05, 0) is 13.3 Å². The summed E-state index contributed by atoms with van der Waals surface area (Å²) in [5.41, 5.74) is 3.01. The van der Waals surface area contributed by atoms with Crippen molar-refractivity contribution in [2.45, 2.75) is 26.7 Å². The van der Waals surface area contributed by atoms with Gasteiger partial charge in [-0.25, -0.2) is 9.97 Å². The van der Waals surface area contributed by atoms with E-state index in [1.165, 1.54) is 0 Å². The van der Waals surface area contributed by atoms with Gasteiger partial charge in [0.25, 0.3) is 0 Å². The van der Waals surface area contributed by atoms with Crippen molar-refractivity contribution in [3.05, 3.63) is 23.7 Å². The molecule has 96 valence electrons. The smallest absolute Gasteiger partial charge is 0.165 e. The third-order valence-electron chi connectivity index (χ3n) is 2.80. The molecule has 18 heavy (non-hydrogen) atoms. The second-order valence-corrected chi connectivity index (χ2v) is 4.37. The number of rotatable bonds is 4. The SMILES string of the molecule is CCCc1cc(NC)nc(-c2cn(C)nc2C)n1. The maximum atomic E-state index is 4.61. The van der Waals surface area contributed by atoms with Crippen molar-refractivity contribution in [1.82, 2.24) is 19.7 Å². The lowest BCUT2D eigenvalue weighted by Crippen LogP contribution is -2.01. The number of aryl methyl sites for hydroxylation is 3. The van der Waals surface area contributed by atoms with Crippen LogP contribution in [0.4, 0.5) is 5.82 Å². The maximum absolute atomic E-state index is 4.61. The fourth-order valence-corrected chi connectivity index (χ4v) is 1.95. The Balaban J connectivity index is 2.49. The molecule has 0 saturated heterocycles. The molecule has 1 N–H and O–H groups in total. The average molecular weight is 245 g/mol. The van der Waals surface area contributed by atoms with Crippen LogP contribution in [0.5, 0.6) is 0 Å². The van der Waals surface area contributed by atoms with E-state index in [9.17, 15) is 0 Å². The summed E-state index contributed by atoms with van der Waals surface area (Å²) in [6, 6.07) is 2.00. The van der Waals surface area contributed by atoms with Crippen LogP contribution in [0.3, 0.4) is 0 Å². The molecule has 0 radical (unpaired) electrons. The van der Waals surface area contributed by atoms with Crippen LogP contribution in [0.1, 0.15) is 24.7 Å². The maximum Gasteiger partial charge on any atom is 0.165 e. The molecular weight excluding hydrogens is 226 g/mol. The van der Waals surface area contributed by atoms with E-state index in [0.29, 0.717) is 0 Å². The Bertz CT molecular complexity index is 544. The van der Waals surface area contributed by atoms with Crippen molar-refractivity contribution in [3.63, 3.8) is 0 Å². The summed E-state index contributed by atoms with van der Waals surface area (Å²) >= 11 is 0. The molecule has 0 bridgehead atoms. The van der Waals surface area contributed by atoms with Crippen LogP contribution in [0, 0.1) is 6.92 Å². The minimum Gasteiger partial charge on any atom is -0.373 e. The summed E-state index contributed by atoms with van der Waals surface area (Å²) < 4.78 is 1.79. The molecule has 0 aliphatic heterocycles. The van der Waals surface area contributed by atoms with Crippen LogP contribution in [0.25, 0.3) is 11.4 Å². The summed E-state index contributed by atoms with van der Waals surface area (Å²) in [4.78, 5) is 9.11. The third kappa shape index (κ3) is 2.50. The quantitative estimate of drug-likeness (QED) is 0.897. The van der Waals surface area contributed by atoms with Crippen LogP contribution in [-0.4, -0.2) is 26.8 Å². The molecule has 5 nitrogen and oxygen atoms in total. The van der Waals surface area contributed by atoms with Gasteiger partial charge < -0.3 is 5.32 Å². The van der Waals surface area contributed by atoms with Crippen molar-refractivity contribution in [2.75, 3.05) is 12.4 Å². The molecule has 0 aromatic carbocycles. The number of nitrogens with zero attached hydrogens (tertiary/aromatic N) is 4. The Hall–Kier alpha value is -1.91. The van der Waals surface area contributed by atoms with E-state index in [4.69, 9.17) is 0 Å². The summed E-state index contributed by atoms with van der Waals surface area (Å²) in [5.74, 6) is 1.60. The highest BCUT2D eigenvalue weighted by Gasteiger charge is 2.11. The van der Waals surface area contributed by atoms with Gasteiger partial charge in [-0.15, -0.1) is 0 Å². The van der Waals surface area contributed by atoms with E-state index in [-0.39, 0.29) is 0 Å². The first-order valence-electron chi connectivity index (χ1n) is 6.20. The topological polar surface area (TPSA) is 55.6 Å². The van der Waals surface area contributed by atoms with Gasteiger partial charge >= 0.3 is 0 Å². The van der Waals surface area contributed by atoms with Gasteiger partial charge in [0.2, 0.25) is 0 Å². The zero-order valence-electron chi connectivity index (χ0n) is 11.4. The molecule has 0 amide bonds. The van der Waals surface area contributed by atoms with Crippen LogP contribution in [-0.2, 0) is 13.5 Å². The molecule has 2 aromatic heterocycles. The van der Waals surface area contributed by atoms with Gasteiger partial charge in [0, 0.05) is 32.1 Å². The lowest BCUT2D eigenvalue weighted by Gasteiger charge is -2.06. The van der Waals surface area contributed by atoms with E-state index in [0.717, 1.165) is 41.4 Å². The number of anilines is 1. The highest BCUT2D eigenvalue weighted by Crippen LogP contribution is 2.21. The number of hydrogen-bond donors (Lipinski definition) is 1. The van der Waals surface area contributed by atoms with Crippen LogP contribution in [0.2, 0.25) is 0 Å². The Morgan fingerprint density at radius 2 is 2.11 bits per heavy atom. The predicted octanol–water partition coefficient (Wildman–Crippen LogP) is 2.18. The van der Waals surface area contributed by atoms with Crippen LogP contribution >= 0.6 is 0 Å². The highest BCUT2D eigenvalue weighted by atomic mass is 15.3. The van der Waals surface area contributed by atoms with Crippen LogP contribution in [0.15, 0.2) is 12.3 Å². The number of nitrogens with one attached hydrogen (secondary N) is 1. The van der Waals surface area contributed by atoms with Crippen molar-refractivity contribution in [1.29, 1.82) is 0 Å². The van der Waals surface area contributed by atoms with Crippen molar-refractivity contribution >= 4 is 5.82 Å². The molecule has 5 heteroatoms. The molecule has 2 rings (SSSR count). The molecular formula is C13H19N5. The second-order valence-electron chi connectivity index (χ2n) is 4.37. The largest absolute Gasteiger partial charge is 0.373 e. The number of aromatic nitrogens is 4. The van der Waals surface area contributed by atoms with Gasteiger partial charge in [0.15, 0.2) is 5.82 Å². The van der Waals surface area contributed by atoms with Crippen LogP contribution < -0.4 is 5.32 Å². The van der Waals surface area contributed by atoms with Gasteiger partial charge in [0.05, 0.1) is 11.3 Å². The molecule has 2 aromatic rings. The normalized spacial score (nSPS) is 10.7. The van der Waals surface area contributed by atoms with Crippen molar-refractivity contribution in [3.8, 4) is 11.4 Å². The highest BCUT2D eigenvalue weighted by molar-refractivity contribution is 5.59. The summed E-state index contributed by atoms with van der Waals surface area (Å²) in [6.45, 7) is 4.13. The Kier molecular flexibility index (Phi) is 3.60. The van der Waals surface area contributed by atoms with Gasteiger partial charge in [0.1, 0.15) is 5.82 Å². The average Bonchev–Trinajstić information content (AvgIpc) is 2.68. The number of hydrogen-bond acceptors (Lipinski definition) is 4. The molecule has 0 spiro atoms. The molecule has 0 saturated carbocycles. The van der Waals surface area contributed by atoms with E-state index < -0.39 is 0 Å². The Morgan fingerprint density at radius 1 is 1.33 bits per heavy atom. The summed E-state index contributed by atoms with van der Waals surface area (Å²) in [6.07, 6.45) is 4.00. The minimum atomic E-state index is 0.746. The molecule has 2 heterocycles. The summed E-state index contributed by atoms with van der Waals surface area (Å²) in [7, 11) is 3.78. The first-order valence-corrected chi connectivity index (χ1v) is 6.20. The third-order valence-corrected chi connectivity index (χ3v) is 2.80. The Morgan fingerprint density at radius 3 is 2.67 bits per heavy atom. The molecule has 0 aliphatic carbocycles. The monoisotopic (exact) mass is 245 g/mol. The van der Waals surface area contributed by atoms with Gasteiger partial charge in [-0.3, -0.25) is 4.68 Å². The fraction of sp³-hybridized carbons (Fsp3) is 0.462. The Labute approximate surface area is 107 Å². The fourth-order valence-electron chi connectivity index (χ4n) is 1.95. The predicted molar refractivity (Wildman–Crippen MR) is 72.5 cm³/mol. The first-order chi connectivity index (χ1) is 8.63. The minimum absolute atomic E-state index is 0.746. The van der Waals surface area contributed by atoms with Gasteiger partial charge in [-0.2, -0.15) is 5.10 Å². The standard InChI is InChI=1S/C13H19N5/c1-5-6-10-7-12(14-3)16-13(15-10)11-8-18(4)17-9(11)2/h7-8H,5-6H2,1-4H3,(H,14,15,16). The zero-order valence-corrected chi connectivity index (χ0v) is 11.4. The second kappa shape index (κ2) is 5.16. The first kappa shape index (κ1) is 12.5. The van der Waals surface area contributed by atoms with Gasteiger partial charge in [-0.1, -0.05) is 13.3 Å².